The van der Waals surface area contributed by atoms with Crippen LogP contribution in [-0.4, -0.2) is 11.1 Å². The quantitative estimate of drug-likeness (QED) is 0.656. The highest BCUT2D eigenvalue weighted by molar-refractivity contribution is 9.10. The van der Waals surface area contributed by atoms with Crippen molar-refractivity contribution in [3.05, 3.63) is 57.5 Å². The zero-order valence-corrected chi connectivity index (χ0v) is 15.4. The second-order valence-electron chi connectivity index (χ2n) is 6.05. The number of nitrogens with zero attached hydrogens (tertiary/aromatic N) is 1. The fourth-order valence-electron chi connectivity index (χ4n) is 2.77. The van der Waals surface area contributed by atoms with Gasteiger partial charge in [0.2, 0.25) is 5.91 Å². The molecule has 0 aliphatic heterocycles. The molecule has 2 aromatic heterocycles. The SMILES string of the molecule is Cc1cc(Br)ccc1NC(=O)C1(c2cc(-c3cccs3)on2)CC1. The molecule has 1 N–H and O–H groups in total. The highest BCUT2D eigenvalue weighted by atomic mass is 79.9. The zero-order valence-electron chi connectivity index (χ0n) is 13.0. The van der Waals surface area contributed by atoms with E-state index in [1.807, 2.05) is 48.7 Å². The van der Waals surface area contributed by atoms with Crippen molar-refractivity contribution in [3.63, 3.8) is 0 Å². The minimum atomic E-state index is -0.557. The van der Waals surface area contributed by atoms with Crippen LogP contribution in [0.3, 0.4) is 0 Å². The lowest BCUT2D eigenvalue weighted by atomic mass is 10.0. The highest BCUT2D eigenvalue weighted by Crippen LogP contribution is 2.49. The number of aromatic nitrogens is 1. The number of thiophene rings is 1. The molecule has 4 nitrogen and oxygen atoms in total. The van der Waals surface area contributed by atoms with Crippen LogP contribution >= 0.6 is 27.3 Å². The van der Waals surface area contributed by atoms with Crippen molar-refractivity contribution in [1.29, 1.82) is 0 Å². The maximum Gasteiger partial charge on any atom is 0.236 e. The summed E-state index contributed by atoms with van der Waals surface area (Å²) in [4.78, 5) is 13.9. The third-order valence-electron chi connectivity index (χ3n) is 4.39. The van der Waals surface area contributed by atoms with E-state index in [1.165, 1.54) is 0 Å². The Morgan fingerprint density at radius 1 is 1.33 bits per heavy atom. The summed E-state index contributed by atoms with van der Waals surface area (Å²) in [7, 11) is 0. The molecule has 0 spiro atoms. The Balaban J connectivity index is 1.58. The number of nitrogens with one attached hydrogen (secondary N) is 1. The fourth-order valence-corrected chi connectivity index (χ4v) is 3.92. The summed E-state index contributed by atoms with van der Waals surface area (Å²) in [5.41, 5.74) is 2.01. The smallest absolute Gasteiger partial charge is 0.236 e. The largest absolute Gasteiger partial charge is 0.355 e. The molecule has 1 aliphatic rings. The van der Waals surface area contributed by atoms with Gasteiger partial charge in [0.25, 0.3) is 0 Å². The van der Waals surface area contributed by atoms with Crippen molar-refractivity contribution in [2.45, 2.75) is 25.2 Å². The van der Waals surface area contributed by atoms with Gasteiger partial charge in [-0.3, -0.25) is 4.79 Å². The molecule has 3 aromatic rings. The summed E-state index contributed by atoms with van der Waals surface area (Å²) >= 11 is 5.03. The van der Waals surface area contributed by atoms with E-state index < -0.39 is 5.41 Å². The van der Waals surface area contributed by atoms with Crippen molar-refractivity contribution in [3.8, 4) is 10.6 Å². The van der Waals surface area contributed by atoms with Crippen LogP contribution in [0, 0.1) is 6.92 Å². The number of anilines is 1. The van der Waals surface area contributed by atoms with Gasteiger partial charge in [0.05, 0.1) is 16.0 Å². The summed E-state index contributed by atoms with van der Waals surface area (Å²) in [6.07, 6.45) is 1.59. The van der Waals surface area contributed by atoms with Crippen LogP contribution in [0.4, 0.5) is 5.69 Å². The van der Waals surface area contributed by atoms with Gasteiger partial charge in [-0.2, -0.15) is 0 Å². The number of carbonyl (C=O) groups excluding carboxylic acids is 1. The van der Waals surface area contributed by atoms with Crippen molar-refractivity contribution in [2.24, 2.45) is 0 Å². The van der Waals surface area contributed by atoms with Crippen LogP contribution in [0.5, 0.6) is 0 Å². The first kappa shape index (κ1) is 15.6. The number of halogens is 1. The third kappa shape index (κ3) is 2.70. The molecule has 0 bridgehead atoms. The monoisotopic (exact) mass is 402 g/mol. The number of carbonyl (C=O) groups is 1. The first-order valence-corrected chi connectivity index (χ1v) is 9.34. The van der Waals surface area contributed by atoms with Crippen LogP contribution in [0.25, 0.3) is 10.6 Å². The Hall–Kier alpha value is -1.92. The van der Waals surface area contributed by atoms with E-state index in [4.69, 9.17) is 4.52 Å². The molecule has 24 heavy (non-hydrogen) atoms. The third-order valence-corrected chi connectivity index (χ3v) is 5.76. The lowest BCUT2D eigenvalue weighted by Crippen LogP contribution is -2.28. The standard InChI is InChI=1S/C18H15BrN2O2S/c1-11-9-12(19)4-5-13(11)20-17(22)18(6-7-18)16-10-14(23-21-16)15-3-2-8-24-15/h2-5,8-10H,6-7H2,1H3,(H,20,22). The molecule has 1 amide bonds. The van der Waals surface area contributed by atoms with Crippen molar-refractivity contribution in [1.82, 2.24) is 5.16 Å². The van der Waals surface area contributed by atoms with Gasteiger partial charge in [-0.05, 0) is 55.0 Å². The molecule has 0 unspecified atom stereocenters. The zero-order chi connectivity index (χ0) is 16.7. The first-order valence-electron chi connectivity index (χ1n) is 7.67. The number of benzene rings is 1. The van der Waals surface area contributed by atoms with Gasteiger partial charge < -0.3 is 9.84 Å². The van der Waals surface area contributed by atoms with Crippen LogP contribution < -0.4 is 5.32 Å². The van der Waals surface area contributed by atoms with Gasteiger partial charge in [-0.15, -0.1) is 11.3 Å². The molecule has 0 saturated heterocycles. The Bertz CT molecular complexity index is 898. The van der Waals surface area contributed by atoms with E-state index >= 15 is 0 Å². The maximum absolute atomic E-state index is 12.8. The number of amides is 1. The van der Waals surface area contributed by atoms with Crippen molar-refractivity contribution < 1.29 is 9.32 Å². The first-order chi connectivity index (χ1) is 11.6. The molecular weight excluding hydrogens is 388 g/mol. The maximum atomic E-state index is 12.8. The van der Waals surface area contributed by atoms with E-state index in [1.54, 1.807) is 11.3 Å². The summed E-state index contributed by atoms with van der Waals surface area (Å²) in [6.45, 7) is 1.98. The van der Waals surface area contributed by atoms with Crippen LogP contribution in [-0.2, 0) is 10.2 Å². The van der Waals surface area contributed by atoms with Crippen LogP contribution in [0.2, 0.25) is 0 Å². The molecule has 1 fully saturated rings. The fraction of sp³-hybridized carbons (Fsp3) is 0.222. The molecule has 0 radical (unpaired) electrons. The molecule has 1 saturated carbocycles. The van der Waals surface area contributed by atoms with Gasteiger partial charge >= 0.3 is 0 Å². The number of hydrogen-bond donors (Lipinski definition) is 1. The predicted octanol–water partition coefficient (Wildman–Crippen LogP) is 5.14. The molecule has 4 rings (SSSR count). The van der Waals surface area contributed by atoms with Crippen molar-refractivity contribution in [2.75, 3.05) is 5.32 Å². The second kappa shape index (κ2) is 5.86. The average molecular weight is 403 g/mol. The van der Waals surface area contributed by atoms with Crippen LogP contribution in [0.1, 0.15) is 24.1 Å². The van der Waals surface area contributed by atoms with Gasteiger partial charge in [-0.25, -0.2) is 0 Å². The molecule has 0 atom stereocenters. The highest BCUT2D eigenvalue weighted by Gasteiger charge is 2.54. The molecule has 2 heterocycles. The Kier molecular flexibility index (Phi) is 3.81. The molecular formula is C18H15BrN2O2S. The van der Waals surface area contributed by atoms with E-state index in [-0.39, 0.29) is 5.91 Å². The molecule has 1 aliphatic carbocycles. The summed E-state index contributed by atoms with van der Waals surface area (Å²) in [6, 6.07) is 11.7. The molecule has 1 aromatic carbocycles. The predicted molar refractivity (Wildman–Crippen MR) is 98.2 cm³/mol. The topological polar surface area (TPSA) is 55.1 Å². The Morgan fingerprint density at radius 3 is 2.83 bits per heavy atom. The summed E-state index contributed by atoms with van der Waals surface area (Å²) in [5.74, 6) is 0.706. The average Bonchev–Trinajstić information content (AvgIpc) is 3.00. The van der Waals surface area contributed by atoms with Gasteiger partial charge in [0.1, 0.15) is 0 Å². The number of hydrogen-bond acceptors (Lipinski definition) is 4. The minimum Gasteiger partial charge on any atom is -0.355 e. The summed E-state index contributed by atoms with van der Waals surface area (Å²) in [5, 5.41) is 9.21. The van der Waals surface area contributed by atoms with E-state index in [0.717, 1.165) is 44.9 Å². The molecule has 122 valence electrons. The number of aryl methyl sites for hydroxylation is 1. The second-order valence-corrected chi connectivity index (χ2v) is 7.91. The van der Waals surface area contributed by atoms with E-state index in [2.05, 4.69) is 26.4 Å². The lowest BCUT2D eigenvalue weighted by Gasteiger charge is -2.14. The van der Waals surface area contributed by atoms with E-state index in [9.17, 15) is 4.79 Å². The Morgan fingerprint density at radius 2 is 2.17 bits per heavy atom. The minimum absolute atomic E-state index is 0.0149. The Labute approximate surface area is 152 Å². The lowest BCUT2D eigenvalue weighted by molar-refractivity contribution is -0.118. The van der Waals surface area contributed by atoms with E-state index in [0.29, 0.717) is 0 Å². The molecule has 6 heteroatoms. The summed E-state index contributed by atoms with van der Waals surface area (Å²) < 4.78 is 6.45. The van der Waals surface area contributed by atoms with Gasteiger partial charge in [0.15, 0.2) is 5.76 Å². The number of rotatable bonds is 4. The van der Waals surface area contributed by atoms with Gasteiger partial charge in [0, 0.05) is 16.2 Å². The van der Waals surface area contributed by atoms with Gasteiger partial charge in [-0.1, -0.05) is 27.2 Å². The van der Waals surface area contributed by atoms with Crippen LogP contribution in [0.15, 0.2) is 50.8 Å². The van der Waals surface area contributed by atoms with Crippen molar-refractivity contribution >= 4 is 38.9 Å². The normalized spacial score (nSPS) is 15.2.